The Morgan fingerprint density at radius 1 is 0.800 bits per heavy atom. The molecule has 4 aliphatic carbocycles. The van der Waals surface area contributed by atoms with Gasteiger partial charge < -0.3 is 14.3 Å². The van der Waals surface area contributed by atoms with Crippen molar-refractivity contribution in [3.8, 4) is 11.5 Å². The molecule has 4 saturated carbocycles. The summed E-state index contributed by atoms with van der Waals surface area (Å²) < 4.78 is 150. The fraction of sp³-hybridized carbons (Fsp3) is 0.600. The van der Waals surface area contributed by atoms with Crippen LogP contribution in [0.15, 0.2) is 58.8 Å². The number of halogens is 6. The first-order valence-electron chi connectivity index (χ1n) is 19.4. The van der Waals surface area contributed by atoms with Gasteiger partial charge in [-0.2, -0.15) is 43.2 Å². The molecule has 5 atom stereocenters. The third-order valence-electron chi connectivity index (χ3n) is 13.6. The van der Waals surface area contributed by atoms with Gasteiger partial charge in [0.15, 0.2) is 5.71 Å². The van der Waals surface area contributed by atoms with Gasteiger partial charge in [-0.15, -0.1) is 0 Å². The second kappa shape index (κ2) is 15.9. The highest BCUT2D eigenvalue weighted by Gasteiger charge is 2.75. The van der Waals surface area contributed by atoms with Gasteiger partial charge in [0, 0.05) is 31.2 Å². The maximum absolute atomic E-state index is 14.0. The molecule has 0 heterocycles. The van der Waals surface area contributed by atoms with E-state index >= 15 is 0 Å². The second-order valence-corrected chi connectivity index (χ2v) is 20.3. The van der Waals surface area contributed by atoms with Gasteiger partial charge in [-0.3, -0.25) is 13.4 Å². The third kappa shape index (κ3) is 8.50. The average Bonchev–Trinajstić information content (AvgIpc) is 3.37. The van der Waals surface area contributed by atoms with E-state index in [1.54, 1.807) is 13.8 Å². The van der Waals surface area contributed by atoms with Crippen LogP contribution in [0.2, 0.25) is 0 Å². The minimum atomic E-state index is -6.02. The third-order valence-corrected chi connectivity index (χ3v) is 15.6. The number of carbonyl (C=O) groups excluding carboxylic acids is 2. The number of hydrogen-bond acceptors (Lipinski definition) is 12. The summed E-state index contributed by atoms with van der Waals surface area (Å²) in [5.74, 6) is -0.286. The number of aldehydes is 1. The number of Topliss-reactive ketones (excluding diaryl/α,β-unsaturated/α-hetero) is 1. The number of hydrogen-bond donors (Lipinski definition) is 0. The largest absolute Gasteiger partial charge is 0.536 e. The maximum Gasteiger partial charge on any atom is 0.536 e. The molecule has 20 heteroatoms. The molecule has 2 bridgehead atoms. The van der Waals surface area contributed by atoms with E-state index in [0.717, 1.165) is 24.8 Å². The van der Waals surface area contributed by atoms with E-state index in [4.69, 9.17) is 9.47 Å². The Labute approximate surface area is 344 Å². The number of fused-ring (bicyclic) bond motifs is 3. The Morgan fingerprint density at radius 2 is 1.38 bits per heavy atom. The van der Waals surface area contributed by atoms with Crippen LogP contribution < -0.4 is 9.47 Å². The molecule has 2 aromatic rings. The molecular formula is C40H46F6N2O10S2. The highest BCUT2D eigenvalue weighted by molar-refractivity contribution is 7.87. The van der Waals surface area contributed by atoms with Gasteiger partial charge in [-0.25, -0.2) is 0 Å². The number of ketones is 1. The van der Waals surface area contributed by atoms with Crippen molar-refractivity contribution in [2.45, 2.75) is 90.7 Å². The van der Waals surface area contributed by atoms with Crippen LogP contribution in [0, 0.1) is 39.4 Å². The number of ether oxygens (including phenoxy) is 2. The van der Waals surface area contributed by atoms with Crippen LogP contribution in [0.25, 0.3) is 0 Å². The van der Waals surface area contributed by atoms with E-state index in [9.17, 15) is 52.8 Å². The summed E-state index contributed by atoms with van der Waals surface area (Å²) in [5.41, 5.74) is -10.0. The zero-order chi connectivity index (χ0) is 44.2. The molecule has 0 aliphatic heterocycles. The maximum atomic E-state index is 14.0. The normalized spacial score (nSPS) is 27.4. The SMILES string of the molecule is CC1(C)C2CCC1(CS(=O)(=O)O/N=C(/c1ccc(OCCCOc3ccc(/C(CC45CCC(CC=O)C4C5(C)C)=N/OS(=O)(=O)C(F)(F)F)cc3)cc1)C(F)(F)F)C(=O)C2. The van der Waals surface area contributed by atoms with Crippen LogP contribution in [0.4, 0.5) is 26.3 Å². The Morgan fingerprint density at radius 3 is 1.87 bits per heavy atom. The van der Waals surface area contributed by atoms with Crippen LogP contribution in [0.3, 0.4) is 0 Å². The van der Waals surface area contributed by atoms with Crippen LogP contribution in [-0.4, -0.2) is 71.0 Å². The summed E-state index contributed by atoms with van der Waals surface area (Å²) in [6, 6.07) is 10.6. The fourth-order valence-corrected chi connectivity index (χ4v) is 12.0. The molecule has 0 radical (unpaired) electrons. The van der Waals surface area contributed by atoms with Gasteiger partial charge in [0.05, 0.1) is 24.3 Å². The fourth-order valence-electron chi connectivity index (χ4n) is 10.2. The predicted molar refractivity (Wildman–Crippen MR) is 205 cm³/mol. The first-order chi connectivity index (χ1) is 27.8. The smallest absolute Gasteiger partial charge is 0.493 e. The number of carbonyl (C=O) groups is 2. The molecule has 0 aromatic heterocycles. The molecule has 4 fully saturated rings. The summed E-state index contributed by atoms with van der Waals surface area (Å²) in [6.45, 7) is 7.78. The highest BCUT2D eigenvalue weighted by Crippen LogP contribution is 2.80. The molecule has 0 amide bonds. The lowest BCUT2D eigenvalue weighted by molar-refractivity contribution is -0.128. The molecule has 0 N–H and O–H groups in total. The van der Waals surface area contributed by atoms with Gasteiger partial charge in [-0.1, -0.05) is 38.0 Å². The number of benzene rings is 2. The predicted octanol–water partition coefficient (Wildman–Crippen LogP) is 8.14. The Bertz CT molecular complexity index is 2240. The van der Waals surface area contributed by atoms with Crippen LogP contribution in [0.1, 0.15) is 90.2 Å². The summed E-state index contributed by atoms with van der Waals surface area (Å²) in [6.07, 6.45) is -0.884. The van der Waals surface area contributed by atoms with Crippen molar-refractivity contribution < 1.29 is 70.8 Å². The topological polar surface area (TPSA) is 164 Å². The summed E-state index contributed by atoms with van der Waals surface area (Å²) >= 11 is 0. The number of oxime groups is 2. The van der Waals surface area contributed by atoms with E-state index < -0.39 is 65.2 Å². The van der Waals surface area contributed by atoms with Crippen molar-refractivity contribution in [3.63, 3.8) is 0 Å². The van der Waals surface area contributed by atoms with Crippen molar-refractivity contribution in [2.75, 3.05) is 19.0 Å². The molecule has 330 valence electrons. The Hall–Kier alpha value is -4.20. The highest BCUT2D eigenvalue weighted by atomic mass is 32.2. The zero-order valence-corrected chi connectivity index (χ0v) is 34.9. The van der Waals surface area contributed by atoms with Gasteiger partial charge in [0.25, 0.3) is 0 Å². The first-order valence-corrected chi connectivity index (χ1v) is 22.4. The van der Waals surface area contributed by atoms with Gasteiger partial charge >= 0.3 is 31.9 Å². The zero-order valence-electron chi connectivity index (χ0n) is 33.3. The molecule has 0 saturated heterocycles. The quantitative estimate of drug-likeness (QED) is 0.0356. The van der Waals surface area contributed by atoms with Crippen molar-refractivity contribution in [2.24, 2.45) is 49.7 Å². The average molecular weight is 893 g/mol. The molecule has 6 rings (SSSR count). The molecule has 12 nitrogen and oxygen atoms in total. The monoisotopic (exact) mass is 892 g/mol. The lowest BCUT2D eigenvalue weighted by atomic mass is 9.70. The lowest BCUT2D eigenvalue weighted by Gasteiger charge is -2.35. The summed E-state index contributed by atoms with van der Waals surface area (Å²) in [5, 5.41) is 6.51. The van der Waals surface area contributed by atoms with Gasteiger partial charge in [0.1, 0.15) is 29.3 Å². The molecule has 4 aliphatic rings. The number of rotatable bonds is 18. The van der Waals surface area contributed by atoms with Crippen LogP contribution >= 0.6 is 0 Å². The van der Waals surface area contributed by atoms with Gasteiger partial charge in [0.2, 0.25) is 0 Å². The molecule has 5 unspecified atom stereocenters. The summed E-state index contributed by atoms with van der Waals surface area (Å²) in [7, 11) is -10.7. The molecule has 2 aromatic carbocycles. The molecular weight excluding hydrogens is 847 g/mol. The Balaban J connectivity index is 1.03. The van der Waals surface area contributed by atoms with Crippen LogP contribution in [0.5, 0.6) is 11.5 Å². The van der Waals surface area contributed by atoms with E-state index in [-0.39, 0.29) is 66.5 Å². The summed E-state index contributed by atoms with van der Waals surface area (Å²) in [4.78, 5) is 24.0. The number of nitrogens with zero attached hydrogens (tertiary/aromatic N) is 2. The van der Waals surface area contributed by atoms with Crippen molar-refractivity contribution in [3.05, 3.63) is 59.7 Å². The van der Waals surface area contributed by atoms with E-state index in [2.05, 4.69) is 18.9 Å². The molecule has 60 heavy (non-hydrogen) atoms. The molecule has 0 spiro atoms. The number of alkyl halides is 6. The minimum absolute atomic E-state index is 0.00480. The van der Waals surface area contributed by atoms with Gasteiger partial charge in [-0.05, 0) is 114 Å². The first kappa shape index (κ1) is 45.3. The Kier molecular flexibility index (Phi) is 12.0. The van der Waals surface area contributed by atoms with Crippen LogP contribution in [-0.2, 0) is 38.4 Å². The van der Waals surface area contributed by atoms with Crippen molar-refractivity contribution in [1.82, 2.24) is 0 Å². The van der Waals surface area contributed by atoms with E-state index in [1.807, 2.05) is 13.8 Å². The standard InChI is InChI=1S/C40H46F6N2O10S2/c1-35(2)28-15-18-38(35,32(50)22-28)24-59(51,52)57-48-34(39(41,42)43)27-8-12-30(13-9-27)56-21-5-20-55-29-10-6-25(7-11-29)31(47-58-60(53,54)40(44,45)46)23-37-17-14-26(16-19-49)33(37)36(37,3)4/h6-13,19,26,28,33H,5,14-18,20-24H2,1-4H3/b47-31+,48-34-. The van der Waals surface area contributed by atoms with Crippen molar-refractivity contribution in [1.29, 1.82) is 0 Å². The van der Waals surface area contributed by atoms with E-state index in [0.29, 0.717) is 43.4 Å². The lowest BCUT2D eigenvalue weighted by Crippen LogP contribution is -2.42. The second-order valence-electron chi connectivity index (χ2n) is 17.2. The minimum Gasteiger partial charge on any atom is -0.493 e. The van der Waals surface area contributed by atoms with Crippen molar-refractivity contribution >= 4 is 43.7 Å². The van der Waals surface area contributed by atoms with E-state index in [1.165, 1.54) is 36.4 Å².